The number of fused-ring (bicyclic) bond motifs is 2. The summed E-state index contributed by atoms with van der Waals surface area (Å²) in [6.45, 7) is 0. The molecule has 0 aliphatic rings. The lowest BCUT2D eigenvalue weighted by atomic mass is 9.92. The summed E-state index contributed by atoms with van der Waals surface area (Å²) >= 11 is 0. The minimum Gasteiger partial charge on any atom is -0.507 e. The van der Waals surface area contributed by atoms with Crippen LogP contribution in [0.1, 0.15) is 0 Å². The van der Waals surface area contributed by atoms with E-state index in [-0.39, 0.29) is 11.5 Å². The predicted molar refractivity (Wildman–Crippen MR) is 178 cm³/mol. The van der Waals surface area contributed by atoms with Gasteiger partial charge in [-0.15, -0.1) is 0 Å². The Kier molecular flexibility index (Phi) is 5.14. The summed E-state index contributed by atoms with van der Waals surface area (Å²) in [6, 6.07) is 41.9. The van der Waals surface area contributed by atoms with Crippen LogP contribution in [0.5, 0.6) is 11.5 Å². The van der Waals surface area contributed by atoms with Gasteiger partial charge in [-0.1, -0.05) is 109 Å². The molecule has 0 amide bonds. The van der Waals surface area contributed by atoms with Crippen molar-refractivity contribution < 1.29 is 10.2 Å². The molecule has 2 N–H and O–H groups in total. The highest BCUT2D eigenvalue weighted by Crippen LogP contribution is 2.42. The number of benzene rings is 8. The quantitative estimate of drug-likeness (QED) is 0.209. The second-order valence-electron chi connectivity index (χ2n) is 11.1. The molecule has 1 heterocycles. The number of hydrogen-bond acceptors (Lipinski definition) is 5. The van der Waals surface area contributed by atoms with Gasteiger partial charge >= 0.3 is 0 Å². The smallest absolute Gasteiger partial charge is 0.168 e. The third-order valence-electron chi connectivity index (χ3n) is 8.67. The van der Waals surface area contributed by atoms with E-state index in [0.717, 1.165) is 43.3 Å². The van der Waals surface area contributed by atoms with E-state index in [1.54, 1.807) is 12.1 Å². The highest BCUT2D eigenvalue weighted by molar-refractivity contribution is 6.25. The number of phenolic OH excluding ortho intramolecular Hbond substituents is 2. The van der Waals surface area contributed by atoms with Gasteiger partial charge in [0.05, 0.1) is 11.1 Å². The SMILES string of the molecule is Oc1ccc2ccccc2c1-c1nc(-c2c(O)ccc3ccccc23)nc(-c2ccc3ccc4cccc5ccc2c3c45)n1. The third-order valence-corrected chi connectivity index (χ3v) is 8.67. The van der Waals surface area contributed by atoms with Crippen molar-refractivity contribution in [3.8, 4) is 45.7 Å². The average Bonchev–Trinajstić information content (AvgIpc) is 3.07. The molecule has 9 rings (SSSR count). The molecular formula is C39H23N3O2. The molecule has 8 aromatic carbocycles. The van der Waals surface area contributed by atoms with E-state index in [9.17, 15) is 10.2 Å². The van der Waals surface area contributed by atoms with E-state index in [1.807, 2.05) is 60.7 Å². The Morgan fingerprint density at radius 3 is 1.41 bits per heavy atom. The second kappa shape index (κ2) is 9.21. The molecule has 0 unspecified atom stereocenters. The van der Waals surface area contributed by atoms with Gasteiger partial charge in [-0.05, 0) is 72.1 Å². The largest absolute Gasteiger partial charge is 0.507 e. The molecule has 9 aromatic rings. The minimum atomic E-state index is 0.0734. The van der Waals surface area contributed by atoms with Crippen LogP contribution in [0.25, 0.3) is 88.0 Å². The molecule has 0 radical (unpaired) electrons. The number of aromatic nitrogens is 3. The molecule has 0 aliphatic carbocycles. The van der Waals surface area contributed by atoms with Crippen molar-refractivity contribution in [2.24, 2.45) is 0 Å². The average molecular weight is 566 g/mol. The molecule has 0 fully saturated rings. The van der Waals surface area contributed by atoms with Crippen LogP contribution in [-0.4, -0.2) is 25.2 Å². The molecule has 0 bridgehead atoms. The maximum atomic E-state index is 11.2. The molecule has 5 heteroatoms. The second-order valence-corrected chi connectivity index (χ2v) is 11.1. The Balaban J connectivity index is 1.41. The molecule has 0 spiro atoms. The summed E-state index contributed by atoms with van der Waals surface area (Å²) in [7, 11) is 0. The summed E-state index contributed by atoms with van der Waals surface area (Å²) in [4.78, 5) is 15.0. The molecule has 5 nitrogen and oxygen atoms in total. The maximum absolute atomic E-state index is 11.2. The molecule has 206 valence electrons. The molecule has 1 aromatic heterocycles. The fraction of sp³-hybridized carbons (Fsp3) is 0. The van der Waals surface area contributed by atoms with E-state index >= 15 is 0 Å². The Labute approximate surface area is 251 Å². The van der Waals surface area contributed by atoms with E-state index in [4.69, 9.17) is 15.0 Å². The molecular weight excluding hydrogens is 542 g/mol. The monoisotopic (exact) mass is 565 g/mol. The Bertz CT molecular complexity index is 2470. The summed E-state index contributed by atoms with van der Waals surface area (Å²) < 4.78 is 0. The van der Waals surface area contributed by atoms with Gasteiger partial charge in [0, 0.05) is 5.56 Å². The molecule has 0 aliphatic heterocycles. The summed E-state index contributed by atoms with van der Waals surface area (Å²) in [5.74, 6) is 1.27. The lowest BCUT2D eigenvalue weighted by molar-refractivity contribution is 0.477. The van der Waals surface area contributed by atoms with Crippen LogP contribution >= 0.6 is 0 Å². The van der Waals surface area contributed by atoms with Crippen molar-refractivity contribution in [3.05, 3.63) is 127 Å². The Hall–Kier alpha value is -6.07. The van der Waals surface area contributed by atoms with Gasteiger partial charge in [-0.25, -0.2) is 15.0 Å². The van der Waals surface area contributed by atoms with Crippen LogP contribution in [0.4, 0.5) is 0 Å². The van der Waals surface area contributed by atoms with E-state index in [2.05, 4.69) is 54.6 Å². The van der Waals surface area contributed by atoms with Gasteiger partial charge in [0.25, 0.3) is 0 Å². The van der Waals surface area contributed by atoms with Gasteiger partial charge in [-0.2, -0.15) is 0 Å². The van der Waals surface area contributed by atoms with E-state index in [1.165, 1.54) is 16.2 Å². The lowest BCUT2D eigenvalue weighted by Crippen LogP contribution is -2.02. The van der Waals surface area contributed by atoms with Crippen molar-refractivity contribution in [2.45, 2.75) is 0 Å². The fourth-order valence-corrected chi connectivity index (χ4v) is 6.64. The van der Waals surface area contributed by atoms with Crippen LogP contribution in [0, 0.1) is 0 Å². The summed E-state index contributed by atoms with van der Waals surface area (Å²) in [5.41, 5.74) is 1.89. The van der Waals surface area contributed by atoms with Crippen molar-refractivity contribution in [2.75, 3.05) is 0 Å². The normalized spacial score (nSPS) is 11.8. The first-order valence-electron chi connectivity index (χ1n) is 14.5. The summed E-state index contributed by atoms with van der Waals surface area (Å²) in [5, 5.41) is 32.9. The fourth-order valence-electron chi connectivity index (χ4n) is 6.64. The zero-order chi connectivity index (χ0) is 29.4. The van der Waals surface area contributed by atoms with Crippen molar-refractivity contribution in [1.82, 2.24) is 15.0 Å². The number of phenols is 2. The summed E-state index contributed by atoms with van der Waals surface area (Å²) in [6.07, 6.45) is 0. The Morgan fingerprint density at radius 2 is 0.795 bits per heavy atom. The van der Waals surface area contributed by atoms with Gasteiger partial charge in [0.2, 0.25) is 0 Å². The zero-order valence-corrected chi connectivity index (χ0v) is 23.4. The third kappa shape index (κ3) is 3.56. The van der Waals surface area contributed by atoms with Crippen LogP contribution in [0.3, 0.4) is 0 Å². The lowest BCUT2D eigenvalue weighted by Gasteiger charge is -2.16. The highest BCUT2D eigenvalue weighted by atomic mass is 16.3. The predicted octanol–water partition coefficient (Wildman–Crippen LogP) is 9.49. The van der Waals surface area contributed by atoms with Crippen molar-refractivity contribution >= 4 is 53.9 Å². The van der Waals surface area contributed by atoms with Crippen molar-refractivity contribution in [3.63, 3.8) is 0 Å². The molecule has 44 heavy (non-hydrogen) atoms. The van der Waals surface area contributed by atoms with Gasteiger partial charge < -0.3 is 10.2 Å². The minimum absolute atomic E-state index is 0.0734. The maximum Gasteiger partial charge on any atom is 0.168 e. The molecule has 0 saturated carbocycles. The number of nitrogens with zero attached hydrogens (tertiary/aromatic N) is 3. The van der Waals surface area contributed by atoms with Crippen molar-refractivity contribution in [1.29, 1.82) is 0 Å². The number of hydrogen-bond donors (Lipinski definition) is 2. The first-order valence-corrected chi connectivity index (χ1v) is 14.5. The van der Waals surface area contributed by atoms with Crippen LogP contribution in [0.2, 0.25) is 0 Å². The van der Waals surface area contributed by atoms with Gasteiger partial charge in [0.15, 0.2) is 17.5 Å². The zero-order valence-electron chi connectivity index (χ0n) is 23.4. The van der Waals surface area contributed by atoms with Gasteiger partial charge in [-0.3, -0.25) is 0 Å². The van der Waals surface area contributed by atoms with E-state index < -0.39 is 0 Å². The highest BCUT2D eigenvalue weighted by Gasteiger charge is 2.21. The van der Waals surface area contributed by atoms with Crippen LogP contribution in [0.15, 0.2) is 127 Å². The topological polar surface area (TPSA) is 79.1 Å². The van der Waals surface area contributed by atoms with Crippen LogP contribution < -0.4 is 0 Å². The number of rotatable bonds is 3. The van der Waals surface area contributed by atoms with Crippen LogP contribution in [-0.2, 0) is 0 Å². The molecule has 0 atom stereocenters. The standard InChI is InChI=1S/C39H23N3O2/c43-31-20-16-22-6-1-3-10-27(22)35(31)38-40-37(41-39(42-38)36-28-11-4-2-7-23(28)17-21-32(36)44)30-19-15-26-13-12-24-8-5-9-25-14-18-29(30)34(26)33(24)25/h1-21,43-44H. The molecule has 0 saturated heterocycles. The first-order chi connectivity index (χ1) is 21.6. The Morgan fingerprint density at radius 1 is 0.341 bits per heavy atom. The number of aromatic hydroxyl groups is 2. The van der Waals surface area contributed by atoms with E-state index in [0.29, 0.717) is 28.6 Å². The first kappa shape index (κ1) is 24.5. The van der Waals surface area contributed by atoms with Gasteiger partial charge in [0.1, 0.15) is 11.5 Å².